The van der Waals surface area contributed by atoms with Gasteiger partial charge in [-0.15, -0.1) is 11.3 Å². The van der Waals surface area contributed by atoms with Crippen molar-refractivity contribution < 1.29 is 9.72 Å². The molecule has 0 fully saturated rings. The number of para-hydroxylation sites is 1. The zero-order valence-corrected chi connectivity index (χ0v) is 24.9. The first-order valence-electron chi connectivity index (χ1n) is 12.8. The minimum Gasteiger partial charge on any atom is -0.372 e. The highest BCUT2D eigenvalue weighted by molar-refractivity contribution is 8.01. The molecule has 0 radical (unpaired) electrons. The summed E-state index contributed by atoms with van der Waals surface area (Å²) in [5.74, 6) is -0.212. The summed E-state index contributed by atoms with van der Waals surface area (Å²) >= 11 is 2.73. The second-order valence-electron chi connectivity index (χ2n) is 9.56. The number of hydrogen-bond acceptors (Lipinski definition) is 9. The zero-order chi connectivity index (χ0) is 30.0. The van der Waals surface area contributed by atoms with Crippen molar-refractivity contribution in [3.8, 4) is 5.69 Å². The smallest absolute Gasteiger partial charge is 0.295 e. The number of hydrogen-bond donors (Lipinski definition) is 1. The third-order valence-corrected chi connectivity index (χ3v) is 8.70. The first kappa shape index (κ1) is 28.8. The fourth-order valence-electron chi connectivity index (χ4n) is 4.34. The van der Waals surface area contributed by atoms with Crippen LogP contribution in [-0.4, -0.2) is 51.2 Å². The highest BCUT2D eigenvalue weighted by Crippen LogP contribution is 2.32. The maximum absolute atomic E-state index is 13.1. The number of carbonyl (C=O) groups excluding carboxylic acids is 1. The summed E-state index contributed by atoms with van der Waals surface area (Å²) < 4.78 is 4.84. The molecule has 0 aliphatic carbocycles. The lowest BCUT2D eigenvalue weighted by Gasteiger charge is -2.12. The Morgan fingerprint density at radius 3 is 2.64 bits per heavy atom. The Balaban J connectivity index is 1.26. The van der Waals surface area contributed by atoms with Crippen molar-refractivity contribution in [1.82, 2.24) is 14.3 Å². The summed E-state index contributed by atoms with van der Waals surface area (Å²) in [6, 6.07) is 19.8. The van der Waals surface area contributed by atoms with E-state index in [1.165, 1.54) is 33.8 Å². The Morgan fingerprint density at radius 1 is 1.17 bits per heavy atom. The number of carbonyl (C=O) groups is 1. The van der Waals surface area contributed by atoms with Crippen molar-refractivity contribution in [1.29, 1.82) is 0 Å². The number of anilines is 2. The van der Waals surface area contributed by atoms with Gasteiger partial charge in [-0.1, -0.05) is 36.0 Å². The molecule has 0 atom stereocenters. The summed E-state index contributed by atoms with van der Waals surface area (Å²) in [6.07, 6.45) is 1.59. The van der Waals surface area contributed by atoms with Crippen molar-refractivity contribution in [2.45, 2.75) is 11.3 Å². The molecule has 13 heteroatoms. The monoisotopic (exact) mass is 601 g/mol. The number of nitro groups is 1. The molecule has 0 spiro atoms. The fraction of sp³-hybridized carbons (Fsp3) is 0.172. The molecule has 2 aromatic heterocycles. The van der Waals surface area contributed by atoms with Gasteiger partial charge in [-0.25, -0.2) is 9.67 Å². The van der Waals surface area contributed by atoms with Gasteiger partial charge in [0.15, 0.2) is 4.34 Å². The van der Waals surface area contributed by atoms with Gasteiger partial charge >= 0.3 is 0 Å². The first-order chi connectivity index (χ1) is 20.1. The molecule has 3 aromatic carbocycles. The van der Waals surface area contributed by atoms with Crippen LogP contribution in [0.2, 0.25) is 0 Å². The molecule has 0 aliphatic heterocycles. The Kier molecular flexibility index (Phi) is 8.22. The van der Waals surface area contributed by atoms with Crippen LogP contribution in [0.5, 0.6) is 0 Å². The Bertz CT molecular complexity index is 1890. The number of thiazole rings is 1. The molecule has 5 rings (SSSR count). The summed E-state index contributed by atoms with van der Waals surface area (Å²) in [6.45, 7) is 1.79. The molecule has 2 heterocycles. The predicted molar refractivity (Wildman–Crippen MR) is 169 cm³/mol. The van der Waals surface area contributed by atoms with Crippen LogP contribution in [0.15, 0.2) is 80.9 Å². The van der Waals surface area contributed by atoms with Crippen LogP contribution in [0, 0.1) is 17.0 Å². The number of nitro benzene ring substituents is 1. The predicted octanol–water partition coefficient (Wildman–Crippen LogP) is 5.55. The van der Waals surface area contributed by atoms with Crippen LogP contribution in [0.3, 0.4) is 0 Å². The van der Waals surface area contributed by atoms with Gasteiger partial charge in [-0.2, -0.15) is 0 Å². The van der Waals surface area contributed by atoms with Crippen molar-refractivity contribution in [3.05, 3.63) is 98.5 Å². The van der Waals surface area contributed by atoms with E-state index in [0.717, 1.165) is 10.2 Å². The van der Waals surface area contributed by atoms with Crippen LogP contribution in [0.25, 0.3) is 15.9 Å². The van der Waals surface area contributed by atoms with E-state index in [1.54, 1.807) is 56.0 Å². The van der Waals surface area contributed by atoms with E-state index in [0.29, 0.717) is 32.7 Å². The number of benzene rings is 3. The molecule has 214 valence electrons. The molecule has 0 saturated heterocycles. The second-order valence-corrected chi connectivity index (χ2v) is 11.8. The SMILES string of the molecule is Cc1c(NC(=O)CSc2nc3ccc(N=Cc4ccc(N(C)C)c([N+](=O)[O-])c4)cc3s2)c(=O)n(-c2ccccc2)n1C. The van der Waals surface area contributed by atoms with E-state index in [9.17, 15) is 19.7 Å². The van der Waals surface area contributed by atoms with Crippen molar-refractivity contribution in [3.63, 3.8) is 0 Å². The Morgan fingerprint density at radius 2 is 1.93 bits per heavy atom. The fourth-order valence-corrected chi connectivity index (χ4v) is 6.24. The quantitative estimate of drug-likeness (QED) is 0.102. The second kappa shape index (κ2) is 12.0. The summed E-state index contributed by atoms with van der Waals surface area (Å²) in [4.78, 5) is 47.7. The maximum atomic E-state index is 13.1. The van der Waals surface area contributed by atoms with Gasteiger partial charge in [-0.3, -0.25) is 29.4 Å². The van der Waals surface area contributed by atoms with Crippen molar-refractivity contribution in [2.75, 3.05) is 30.1 Å². The molecule has 1 N–H and O–H groups in total. The number of rotatable bonds is 9. The van der Waals surface area contributed by atoms with Crippen LogP contribution in [0.4, 0.5) is 22.7 Å². The van der Waals surface area contributed by atoms with E-state index in [-0.39, 0.29) is 28.6 Å². The van der Waals surface area contributed by atoms with Gasteiger partial charge in [0.1, 0.15) is 11.4 Å². The lowest BCUT2D eigenvalue weighted by molar-refractivity contribution is -0.384. The third kappa shape index (κ3) is 5.97. The molecule has 11 nitrogen and oxygen atoms in total. The molecule has 0 saturated carbocycles. The van der Waals surface area contributed by atoms with Crippen LogP contribution in [0.1, 0.15) is 11.3 Å². The Hall–Kier alpha value is -4.75. The minimum atomic E-state index is -0.406. The van der Waals surface area contributed by atoms with Crippen LogP contribution < -0.4 is 15.8 Å². The third-order valence-electron chi connectivity index (χ3n) is 6.54. The summed E-state index contributed by atoms with van der Waals surface area (Å²) in [7, 11) is 5.29. The van der Waals surface area contributed by atoms with Gasteiger partial charge in [0, 0.05) is 33.4 Å². The summed E-state index contributed by atoms with van der Waals surface area (Å²) in [5, 5.41) is 14.2. The minimum absolute atomic E-state index is 0.0110. The van der Waals surface area contributed by atoms with E-state index in [2.05, 4.69) is 15.3 Å². The van der Waals surface area contributed by atoms with Gasteiger partial charge in [0.25, 0.3) is 11.2 Å². The number of fused-ring (bicyclic) bond motifs is 1. The lowest BCUT2D eigenvalue weighted by atomic mass is 10.1. The number of amides is 1. The van der Waals surface area contributed by atoms with Gasteiger partial charge in [-0.05, 0) is 48.9 Å². The highest BCUT2D eigenvalue weighted by Gasteiger charge is 2.19. The van der Waals surface area contributed by atoms with Crippen molar-refractivity contribution >= 4 is 68.2 Å². The zero-order valence-electron chi connectivity index (χ0n) is 23.3. The van der Waals surface area contributed by atoms with Crippen LogP contribution >= 0.6 is 23.1 Å². The largest absolute Gasteiger partial charge is 0.372 e. The van der Waals surface area contributed by atoms with Gasteiger partial charge in [0.2, 0.25) is 5.91 Å². The molecule has 1 amide bonds. The maximum Gasteiger partial charge on any atom is 0.295 e. The number of aliphatic imine (C=N–C) groups is 1. The molecule has 42 heavy (non-hydrogen) atoms. The molecular weight excluding hydrogens is 574 g/mol. The molecule has 0 aliphatic rings. The van der Waals surface area contributed by atoms with E-state index in [4.69, 9.17) is 0 Å². The van der Waals surface area contributed by atoms with Gasteiger partial charge < -0.3 is 10.2 Å². The normalized spacial score (nSPS) is 11.3. The first-order valence-corrected chi connectivity index (χ1v) is 14.6. The van der Waals surface area contributed by atoms with Crippen molar-refractivity contribution in [2.24, 2.45) is 12.0 Å². The van der Waals surface area contributed by atoms with Crippen LogP contribution in [-0.2, 0) is 11.8 Å². The average Bonchev–Trinajstić information content (AvgIpc) is 3.48. The highest BCUT2D eigenvalue weighted by atomic mass is 32.2. The molecular formula is C29H27N7O4S2. The number of nitrogens with zero attached hydrogens (tertiary/aromatic N) is 6. The average molecular weight is 602 g/mol. The molecule has 0 bridgehead atoms. The molecule has 5 aromatic rings. The van der Waals surface area contributed by atoms with Gasteiger partial charge in [0.05, 0.1) is 38.0 Å². The lowest BCUT2D eigenvalue weighted by Crippen LogP contribution is -2.23. The standard InChI is InChI=1S/C29H27N7O4S2/c1-18-27(28(38)35(34(18)4)21-8-6-5-7-9-21)32-26(37)17-41-29-31-22-12-11-20(15-25(22)42-29)30-16-19-10-13-23(33(2)3)24(14-19)36(39)40/h5-16H,17H2,1-4H3,(H,32,37). The van der Waals surface area contributed by atoms with E-state index >= 15 is 0 Å². The summed E-state index contributed by atoms with van der Waals surface area (Å²) in [5.41, 5.74) is 3.91. The number of aromatic nitrogens is 3. The number of nitrogens with one attached hydrogen (secondary N) is 1. The molecule has 0 unspecified atom stereocenters. The Labute approximate surface area is 249 Å². The van der Waals surface area contributed by atoms with E-state index < -0.39 is 4.92 Å². The topological polar surface area (TPSA) is 128 Å². The number of thioether (sulfide) groups is 1. The van der Waals surface area contributed by atoms with E-state index in [1.807, 2.05) is 48.5 Å².